The first-order valence-electron chi connectivity index (χ1n) is 11.0. The molecule has 0 unspecified atom stereocenters. The molecule has 0 atom stereocenters. The Labute approximate surface area is 222 Å². The standard InChI is InChI=1S/C26H25BrN4O4S/c1-33-21-13-18(14-22(34-2)24(21)35-3)25(32)28-15-23-29-30-26(31(23)20-7-5-4-6-8-20)36-16-17-9-11-19(27)12-10-17/h4-14H,15-16H2,1-3H3,(H,28,32). The average molecular weight is 569 g/mol. The molecule has 10 heteroatoms. The molecular weight excluding hydrogens is 544 g/mol. The molecule has 1 aromatic heterocycles. The van der Waals surface area contributed by atoms with Gasteiger partial charge in [-0.3, -0.25) is 9.36 Å². The van der Waals surface area contributed by atoms with Crippen molar-refractivity contribution in [1.82, 2.24) is 20.1 Å². The number of thioether (sulfide) groups is 1. The largest absolute Gasteiger partial charge is 0.493 e. The van der Waals surface area contributed by atoms with Gasteiger partial charge in [-0.15, -0.1) is 10.2 Å². The molecule has 1 N–H and O–H groups in total. The van der Waals surface area contributed by atoms with Crippen LogP contribution < -0.4 is 19.5 Å². The van der Waals surface area contributed by atoms with Crippen molar-refractivity contribution in [3.8, 4) is 22.9 Å². The molecule has 0 saturated heterocycles. The second-order valence-electron chi connectivity index (χ2n) is 7.58. The molecule has 36 heavy (non-hydrogen) atoms. The smallest absolute Gasteiger partial charge is 0.251 e. The number of nitrogens with zero attached hydrogens (tertiary/aromatic N) is 3. The van der Waals surface area contributed by atoms with Crippen molar-refractivity contribution in [2.75, 3.05) is 21.3 Å². The number of aromatic nitrogens is 3. The number of rotatable bonds is 10. The number of carbonyl (C=O) groups excluding carboxylic acids is 1. The molecule has 186 valence electrons. The van der Waals surface area contributed by atoms with Crippen LogP contribution in [0.1, 0.15) is 21.7 Å². The highest BCUT2D eigenvalue weighted by atomic mass is 79.9. The van der Waals surface area contributed by atoms with E-state index in [2.05, 4.69) is 43.6 Å². The summed E-state index contributed by atoms with van der Waals surface area (Å²) in [5.74, 6) is 2.27. The van der Waals surface area contributed by atoms with Gasteiger partial charge < -0.3 is 19.5 Å². The second kappa shape index (κ2) is 12.0. The molecule has 0 spiro atoms. The topological polar surface area (TPSA) is 87.5 Å². The van der Waals surface area contributed by atoms with Crippen molar-refractivity contribution in [3.63, 3.8) is 0 Å². The molecule has 0 aliphatic rings. The fraction of sp³-hybridized carbons (Fsp3) is 0.192. The lowest BCUT2D eigenvalue weighted by Crippen LogP contribution is -2.24. The van der Waals surface area contributed by atoms with Crippen LogP contribution in [-0.2, 0) is 12.3 Å². The van der Waals surface area contributed by atoms with Crippen molar-refractivity contribution in [3.05, 3.63) is 88.2 Å². The summed E-state index contributed by atoms with van der Waals surface area (Å²) < 4.78 is 19.1. The molecule has 1 amide bonds. The normalized spacial score (nSPS) is 10.7. The van der Waals surface area contributed by atoms with E-state index in [1.165, 1.54) is 26.9 Å². The van der Waals surface area contributed by atoms with Crippen LogP contribution >= 0.6 is 27.7 Å². The predicted octanol–water partition coefficient (Wildman–Crippen LogP) is 5.28. The summed E-state index contributed by atoms with van der Waals surface area (Å²) >= 11 is 5.05. The summed E-state index contributed by atoms with van der Waals surface area (Å²) in [6.45, 7) is 0.177. The Morgan fingerprint density at radius 2 is 1.61 bits per heavy atom. The molecule has 0 bridgehead atoms. The van der Waals surface area contributed by atoms with Gasteiger partial charge in [0.1, 0.15) is 0 Å². The number of para-hydroxylation sites is 1. The fourth-order valence-corrected chi connectivity index (χ4v) is 4.74. The maximum atomic E-state index is 13.0. The number of hydrogen-bond acceptors (Lipinski definition) is 7. The van der Waals surface area contributed by atoms with Crippen molar-refractivity contribution < 1.29 is 19.0 Å². The molecule has 4 aromatic rings. The van der Waals surface area contributed by atoms with Crippen LogP contribution in [0, 0.1) is 0 Å². The SMILES string of the molecule is COc1cc(C(=O)NCc2nnc(SCc3ccc(Br)cc3)n2-c2ccccc2)cc(OC)c1OC. The van der Waals surface area contributed by atoms with Crippen LogP contribution in [0.2, 0.25) is 0 Å². The number of nitrogens with one attached hydrogen (secondary N) is 1. The minimum absolute atomic E-state index is 0.177. The number of hydrogen-bond donors (Lipinski definition) is 1. The molecule has 8 nitrogen and oxygen atoms in total. The molecule has 0 fully saturated rings. The van der Waals surface area contributed by atoms with Gasteiger partial charge in [-0.1, -0.05) is 58.0 Å². The van der Waals surface area contributed by atoms with E-state index in [0.717, 1.165) is 21.1 Å². The number of methoxy groups -OCH3 is 3. The van der Waals surface area contributed by atoms with Crippen LogP contribution in [-0.4, -0.2) is 42.0 Å². The molecule has 0 aliphatic heterocycles. The third-order valence-electron chi connectivity index (χ3n) is 5.33. The van der Waals surface area contributed by atoms with E-state index in [-0.39, 0.29) is 12.5 Å². The summed E-state index contributed by atoms with van der Waals surface area (Å²) in [7, 11) is 4.53. The van der Waals surface area contributed by atoms with Gasteiger partial charge >= 0.3 is 0 Å². The Balaban J connectivity index is 1.56. The zero-order chi connectivity index (χ0) is 25.5. The molecule has 0 saturated carbocycles. The Hall–Kier alpha value is -3.50. The van der Waals surface area contributed by atoms with Gasteiger partial charge in [0.25, 0.3) is 5.91 Å². The van der Waals surface area contributed by atoms with Gasteiger partial charge in [0.05, 0.1) is 27.9 Å². The predicted molar refractivity (Wildman–Crippen MR) is 142 cm³/mol. The Bertz CT molecular complexity index is 1300. The minimum atomic E-state index is -0.305. The van der Waals surface area contributed by atoms with Gasteiger partial charge in [-0.25, -0.2) is 0 Å². The first-order chi connectivity index (χ1) is 17.5. The molecule has 0 radical (unpaired) electrons. The minimum Gasteiger partial charge on any atom is -0.493 e. The molecule has 3 aromatic carbocycles. The van der Waals surface area contributed by atoms with E-state index in [0.29, 0.717) is 28.6 Å². The van der Waals surface area contributed by atoms with Crippen LogP contribution in [0.4, 0.5) is 0 Å². The van der Waals surface area contributed by atoms with Crippen LogP contribution in [0.15, 0.2) is 76.4 Å². The zero-order valence-electron chi connectivity index (χ0n) is 20.0. The highest BCUT2D eigenvalue weighted by Gasteiger charge is 2.19. The van der Waals surface area contributed by atoms with E-state index in [1.54, 1.807) is 23.9 Å². The summed E-state index contributed by atoms with van der Waals surface area (Å²) in [5, 5.41) is 12.5. The Morgan fingerprint density at radius 3 is 2.22 bits per heavy atom. The monoisotopic (exact) mass is 568 g/mol. The Morgan fingerprint density at radius 1 is 0.944 bits per heavy atom. The second-order valence-corrected chi connectivity index (χ2v) is 9.44. The summed E-state index contributed by atoms with van der Waals surface area (Å²) in [4.78, 5) is 13.0. The average Bonchev–Trinajstić information content (AvgIpc) is 3.33. The van der Waals surface area contributed by atoms with Gasteiger partial charge in [-0.2, -0.15) is 0 Å². The molecule has 0 aliphatic carbocycles. The lowest BCUT2D eigenvalue weighted by molar-refractivity contribution is 0.0949. The quantitative estimate of drug-likeness (QED) is 0.260. The van der Waals surface area contributed by atoms with E-state index >= 15 is 0 Å². The van der Waals surface area contributed by atoms with Gasteiger partial charge in [0, 0.05) is 21.5 Å². The maximum Gasteiger partial charge on any atom is 0.251 e. The van der Waals surface area contributed by atoms with Gasteiger partial charge in [-0.05, 0) is 42.0 Å². The number of ether oxygens (including phenoxy) is 3. The van der Waals surface area contributed by atoms with Crippen LogP contribution in [0.3, 0.4) is 0 Å². The van der Waals surface area contributed by atoms with Crippen LogP contribution in [0.25, 0.3) is 5.69 Å². The van der Waals surface area contributed by atoms with Crippen molar-refractivity contribution in [2.45, 2.75) is 17.5 Å². The van der Waals surface area contributed by atoms with E-state index in [1.807, 2.05) is 47.0 Å². The summed E-state index contributed by atoms with van der Waals surface area (Å²) in [6.07, 6.45) is 0. The fourth-order valence-electron chi connectivity index (χ4n) is 3.55. The zero-order valence-corrected chi connectivity index (χ0v) is 22.4. The van der Waals surface area contributed by atoms with Crippen molar-refractivity contribution >= 4 is 33.6 Å². The van der Waals surface area contributed by atoms with Gasteiger partial charge in [0.15, 0.2) is 22.5 Å². The van der Waals surface area contributed by atoms with E-state index in [9.17, 15) is 4.79 Å². The van der Waals surface area contributed by atoms with Crippen molar-refractivity contribution in [1.29, 1.82) is 0 Å². The first kappa shape index (κ1) is 25.6. The Kier molecular flexibility index (Phi) is 8.50. The molecule has 4 rings (SSSR count). The first-order valence-corrected chi connectivity index (χ1v) is 12.8. The highest BCUT2D eigenvalue weighted by molar-refractivity contribution is 9.10. The molecule has 1 heterocycles. The lowest BCUT2D eigenvalue weighted by atomic mass is 10.1. The highest BCUT2D eigenvalue weighted by Crippen LogP contribution is 2.38. The van der Waals surface area contributed by atoms with Gasteiger partial charge in [0.2, 0.25) is 5.75 Å². The van der Waals surface area contributed by atoms with E-state index in [4.69, 9.17) is 14.2 Å². The third kappa shape index (κ3) is 5.83. The number of benzene rings is 3. The molecular formula is C26H25BrN4O4S. The lowest BCUT2D eigenvalue weighted by Gasteiger charge is -2.14. The third-order valence-corrected chi connectivity index (χ3v) is 6.86. The number of amides is 1. The van der Waals surface area contributed by atoms with E-state index < -0.39 is 0 Å². The summed E-state index contributed by atoms with van der Waals surface area (Å²) in [5.41, 5.74) is 2.46. The van der Waals surface area contributed by atoms with Crippen molar-refractivity contribution in [2.24, 2.45) is 0 Å². The van der Waals surface area contributed by atoms with Crippen LogP contribution in [0.5, 0.6) is 17.2 Å². The maximum absolute atomic E-state index is 13.0. The summed E-state index contributed by atoms with van der Waals surface area (Å²) in [6, 6.07) is 21.2. The number of carbonyl (C=O) groups is 1. The number of halogens is 1.